The molecule has 4 nitrogen and oxygen atoms in total. The highest BCUT2D eigenvalue weighted by Crippen LogP contribution is 2.17. The first kappa shape index (κ1) is 10.8. The summed E-state index contributed by atoms with van der Waals surface area (Å²) in [4.78, 5) is 10.3. The highest BCUT2D eigenvalue weighted by molar-refractivity contribution is 5.37. The average molecular weight is 194 g/mol. The van der Waals surface area contributed by atoms with Gasteiger partial charge in [0.2, 0.25) is 5.95 Å². The molecule has 0 amide bonds. The number of hydrogen-bond donors (Lipinski definition) is 1. The molecule has 2 N–H and O–H groups in total. The Morgan fingerprint density at radius 1 is 1.29 bits per heavy atom. The molecule has 1 aromatic heterocycles. The van der Waals surface area contributed by atoms with Gasteiger partial charge in [-0.05, 0) is 5.41 Å². The Hall–Kier alpha value is -1.32. The summed E-state index contributed by atoms with van der Waals surface area (Å²) in [5.74, 6) is 0.717. The van der Waals surface area contributed by atoms with Gasteiger partial charge >= 0.3 is 0 Å². The number of rotatable bonds is 2. The summed E-state index contributed by atoms with van der Waals surface area (Å²) in [6.45, 7) is 7.46. The van der Waals surface area contributed by atoms with Crippen molar-refractivity contribution in [1.29, 1.82) is 0 Å². The van der Waals surface area contributed by atoms with Crippen LogP contribution in [-0.2, 0) is 0 Å². The van der Waals surface area contributed by atoms with Crippen molar-refractivity contribution in [3.8, 4) is 0 Å². The van der Waals surface area contributed by atoms with Crippen LogP contribution in [0, 0.1) is 5.41 Å². The maximum absolute atomic E-state index is 5.51. The lowest BCUT2D eigenvalue weighted by molar-refractivity contribution is 0.416. The fourth-order valence-electron chi connectivity index (χ4n) is 1.31. The Balaban J connectivity index is 2.70. The molecule has 0 unspecified atom stereocenters. The Morgan fingerprint density at radius 2 is 1.79 bits per heavy atom. The molecule has 0 saturated heterocycles. The zero-order chi connectivity index (χ0) is 10.8. The Kier molecular flexibility index (Phi) is 2.93. The van der Waals surface area contributed by atoms with Gasteiger partial charge in [0, 0.05) is 13.6 Å². The molecule has 0 aliphatic rings. The minimum atomic E-state index is 0.236. The highest BCUT2D eigenvalue weighted by atomic mass is 15.2. The van der Waals surface area contributed by atoms with Gasteiger partial charge in [0.1, 0.15) is 0 Å². The van der Waals surface area contributed by atoms with Crippen LogP contribution in [0.1, 0.15) is 20.8 Å². The smallest absolute Gasteiger partial charge is 0.225 e. The van der Waals surface area contributed by atoms with Crippen molar-refractivity contribution in [1.82, 2.24) is 9.97 Å². The summed E-state index contributed by atoms with van der Waals surface area (Å²) in [6, 6.07) is 0. The van der Waals surface area contributed by atoms with Crippen LogP contribution in [0.4, 0.5) is 11.6 Å². The van der Waals surface area contributed by atoms with E-state index < -0.39 is 0 Å². The van der Waals surface area contributed by atoms with Gasteiger partial charge in [0.05, 0.1) is 18.1 Å². The summed E-state index contributed by atoms with van der Waals surface area (Å²) in [5.41, 5.74) is 6.34. The van der Waals surface area contributed by atoms with Gasteiger partial charge in [-0.3, -0.25) is 0 Å². The van der Waals surface area contributed by atoms with Crippen molar-refractivity contribution >= 4 is 11.6 Å². The molecule has 1 heterocycles. The van der Waals surface area contributed by atoms with E-state index in [9.17, 15) is 0 Å². The highest BCUT2D eigenvalue weighted by Gasteiger charge is 2.15. The molecular weight excluding hydrogens is 176 g/mol. The van der Waals surface area contributed by atoms with Crippen LogP contribution in [0.25, 0.3) is 0 Å². The lowest BCUT2D eigenvalue weighted by atomic mass is 9.96. The second-order valence-corrected chi connectivity index (χ2v) is 4.73. The third kappa shape index (κ3) is 3.20. The third-order valence-electron chi connectivity index (χ3n) is 1.71. The van der Waals surface area contributed by atoms with Gasteiger partial charge in [0.25, 0.3) is 0 Å². The van der Waals surface area contributed by atoms with E-state index in [4.69, 9.17) is 5.73 Å². The van der Waals surface area contributed by atoms with E-state index in [1.807, 2.05) is 11.9 Å². The van der Waals surface area contributed by atoms with Gasteiger partial charge < -0.3 is 10.6 Å². The molecule has 0 saturated carbocycles. The zero-order valence-corrected chi connectivity index (χ0v) is 9.28. The minimum Gasteiger partial charge on any atom is -0.396 e. The quantitative estimate of drug-likeness (QED) is 0.776. The molecule has 0 fully saturated rings. The Labute approximate surface area is 85.2 Å². The molecule has 4 heteroatoms. The van der Waals surface area contributed by atoms with Gasteiger partial charge in [-0.15, -0.1) is 0 Å². The molecule has 1 aromatic rings. The maximum Gasteiger partial charge on any atom is 0.225 e. The predicted octanol–water partition coefficient (Wildman–Crippen LogP) is 1.54. The molecule has 0 aliphatic heterocycles. The Morgan fingerprint density at radius 3 is 2.21 bits per heavy atom. The number of hydrogen-bond acceptors (Lipinski definition) is 4. The second-order valence-electron chi connectivity index (χ2n) is 4.73. The number of nitrogen functional groups attached to an aromatic ring is 1. The van der Waals surface area contributed by atoms with E-state index in [1.165, 1.54) is 0 Å². The summed E-state index contributed by atoms with van der Waals surface area (Å²) < 4.78 is 0. The molecule has 0 aliphatic carbocycles. The molecule has 14 heavy (non-hydrogen) atoms. The molecule has 0 spiro atoms. The number of nitrogens with two attached hydrogens (primary N) is 1. The molecule has 1 rings (SSSR count). The van der Waals surface area contributed by atoms with E-state index in [0.29, 0.717) is 11.6 Å². The summed E-state index contributed by atoms with van der Waals surface area (Å²) in [5, 5.41) is 0. The predicted molar refractivity (Wildman–Crippen MR) is 59.2 cm³/mol. The van der Waals surface area contributed by atoms with E-state index >= 15 is 0 Å². The number of aromatic nitrogens is 2. The number of anilines is 2. The first-order chi connectivity index (χ1) is 6.38. The van der Waals surface area contributed by atoms with Gasteiger partial charge in [-0.1, -0.05) is 20.8 Å². The lowest BCUT2D eigenvalue weighted by Crippen LogP contribution is -2.30. The molecule has 0 atom stereocenters. The molecule has 78 valence electrons. The second kappa shape index (κ2) is 3.82. The fourth-order valence-corrected chi connectivity index (χ4v) is 1.31. The fraction of sp³-hybridized carbons (Fsp3) is 0.600. The average Bonchev–Trinajstić information content (AvgIpc) is 2.02. The first-order valence-corrected chi connectivity index (χ1v) is 4.67. The minimum absolute atomic E-state index is 0.236. The molecule has 0 bridgehead atoms. The van der Waals surface area contributed by atoms with Crippen LogP contribution in [-0.4, -0.2) is 23.6 Å². The summed E-state index contributed by atoms with van der Waals surface area (Å²) in [7, 11) is 1.98. The standard InChI is InChI=1S/C10H18N4/c1-10(2,3)7-14(4)9-12-5-8(11)6-13-9/h5-6H,7,11H2,1-4H3. The SMILES string of the molecule is CN(CC(C)(C)C)c1ncc(N)cn1. The van der Waals surface area contributed by atoms with Gasteiger partial charge in [-0.25, -0.2) is 9.97 Å². The largest absolute Gasteiger partial charge is 0.396 e. The van der Waals surface area contributed by atoms with Crippen LogP contribution >= 0.6 is 0 Å². The third-order valence-corrected chi connectivity index (χ3v) is 1.71. The van der Waals surface area contributed by atoms with Gasteiger partial charge in [0.15, 0.2) is 0 Å². The topological polar surface area (TPSA) is 55.0 Å². The van der Waals surface area contributed by atoms with E-state index in [2.05, 4.69) is 30.7 Å². The molecule has 0 radical (unpaired) electrons. The Bertz CT molecular complexity index is 286. The lowest BCUT2D eigenvalue weighted by Gasteiger charge is -2.26. The van der Waals surface area contributed by atoms with Crippen LogP contribution in [0.15, 0.2) is 12.4 Å². The van der Waals surface area contributed by atoms with Crippen molar-refractivity contribution in [2.24, 2.45) is 5.41 Å². The van der Waals surface area contributed by atoms with Crippen molar-refractivity contribution in [2.75, 3.05) is 24.2 Å². The van der Waals surface area contributed by atoms with Crippen LogP contribution < -0.4 is 10.6 Å². The van der Waals surface area contributed by atoms with E-state index in [1.54, 1.807) is 12.4 Å². The molecular formula is C10H18N4. The number of nitrogens with zero attached hydrogens (tertiary/aromatic N) is 3. The van der Waals surface area contributed by atoms with Crippen LogP contribution in [0.5, 0.6) is 0 Å². The van der Waals surface area contributed by atoms with Gasteiger partial charge in [-0.2, -0.15) is 0 Å². The summed E-state index contributed by atoms with van der Waals surface area (Å²) in [6.07, 6.45) is 3.25. The molecule has 0 aromatic carbocycles. The van der Waals surface area contributed by atoms with E-state index in [-0.39, 0.29) is 5.41 Å². The van der Waals surface area contributed by atoms with Crippen molar-refractivity contribution in [2.45, 2.75) is 20.8 Å². The van der Waals surface area contributed by atoms with Crippen LogP contribution in [0.3, 0.4) is 0 Å². The first-order valence-electron chi connectivity index (χ1n) is 4.67. The maximum atomic E-state index is 5.51. The van der Waals surface area contributed by atoms with Crippen molar-refractivity contribution in [3.05, 3.63) is 12.4 Å². The van der Waals surface area contributed by atoms with Crippen molar-refractivity contribution in [3.63, 3.8) is 0 Å². The van der Waals surface area contributed by atoms with E-state index in [0.717, 1.165) is 6.54 Å². The van der Waals surface area contributed by atoms with Crippen molar-refractivity contribution < 1.29 is 0 Å². The summed E-state index contributed by atoms with van der Waals surface area (Å²) >= 11 is 0. The van der Waals surface area contributed by atoms with Crippen LogP contribution in [0.2, 0.25) is 0 Å². The monoisotopic (exact) mass is 194 g/mol. The zero-order valence-electron chi connectivity index (χ0n) is 9.28. The normalized spacial score (nSPS) is 11.4.